The van der Waals surface area contributed by atoms with Crippen molar-refractivity contribution in [2.75, 3.05) is 5.73 Å². The van der Waals surface area contributed by atoms with Crippen LogP contribution in [0, 0.1) is 4.77 Å². The topological polar surface area (TPSA) is 70.5 Å². The van der Waals surface area contributed by atoms with Crippen LogP contribution in [0.1, 0.15) is 0 Å². The SMILES string of the molecule is Nc1cnc(=S)[nH]c1-c1ccc2[nH]ccc2c1. The lowest BCUT2D eigenvalue weighted by atomic mass is 10.1. The highest BCUT2D eigenvalue weighted by Gasteiger charge is 2.04. The summed E-state index contributed by atoms with van der Waals surface area (Å²) in [5, 5.41) is 1.14. The Labute approximate surface area is 103 Å². The van der Waals surface area contributed by atoms with E-state index in [2.05, 4.69) is 21.0 Å². The third-order valence-corrected chi connectivity index (χ3v) is 2.89. The molecule has 2 aromatic heterocycles. The number of benzene rings is 1. The van der Waals surface area contributed by atoms with Crippen molar-refractivity contribution in [1.82, 2.24) is 15.0 Å². The van der Waals surface area contributed by atoms with Gasteiger partial charge in [-0.15, -0.1) is 0 Å². The first kappa shape index (κ1) is 10.0. The smallest absolute Gasteiger partial charge is 0.197 e. The molecule has 84 valence electrons. The van der Waals surface area contributed by atoms with Crippen LogP contribution in [0.5, 0.6) is 0 Å². The van der Waals surface area contributed by atoms with E-state index in [1.54, 1.807) is 6.20 Å². The molecule has 5 heteroatoms. The molecular formula is C12H10N4S. The van der Waals surface area contributed by atoms with Gasteiger partial charge in [-0.05, 0) is 30.4 Å². The second kappa shape index (κ2) is 3.71. The van der Waals surface area contributed by atoms with Gasteiger partial charge in [-0.3, -0.25) is 0 Å². The molecule has 0 bridgehead atoms. The molecule has 0 saturated carbocycles. The van der Waals surface area contributed by atoms with Crippen LogP contribution in [0.25, 0.3) is 22.2 Å². The fourth-order valence-corrected chi connectivity index (χ4v) is 2.01. The lowest BCUT2D eigenvalue weighted by molar-refractivity contribution is 1.14. The van der Waals surface area contributed by atoms with Crippen molar-refractivity contribution >= 4 is 28.8 Å². The molecule has 2 heterocycles. The number of H-pyrrole nitrogens is 2. The molecule has 0 aliphatic rings. The van der Waals surface area contributed by atoms with Crippen molar-refractivity contribution in [3.05, 3.63) is 41.4 Å². The minimum Gasteiger partial charge on any atom is -0.396 e. The number of rotatable bonds is 1. The van der Waals surface area contributed by atoms with E-state index in [0.29, 0.717) is 10.5 Å². The van der Waals surface area contributed by atoms with Crippen LogP contribution in [0.15, 0.2) is 36.7 Å². The molecule has 0 fully saturated rings. The molecule has 1 aromatic carbocycles. The van der Waals surface area contributed by atoms with Gasteiger partial charge in [0.25, 0.3) is 0 Å². The lowest BCUT2D eigenvalue weighted by Crippen LogP contribution is -1.95. The fourth-order valence-electron chi connectivity index (χ4n) is 1.85. The molecule has 17 heavy (non-hydrogen) atoms. The van der Waals surface area contributed by atoms with Crippen LogP contribution >= 0.6 is 12.2 Å². The molecule has 4 N–H and O–H groups in total. The number of nitrogens with zero attached hydrogens (tertiary/aromatic N) is 1. The van der Waals surface area contributed by atoms with Crippen LogP contribution in [0.2, 0.25) is 0 Å². The number of fused-ring (bicyclic) bond motifs is 1. The first-order chi connectivity index (χ1) is 8.24. The predicted molar refractivity (Wildman–Crippen MR) is 71.1 cm³/mol. The first-order valence-electron chi connectivity index (χ1n) is 5.16. The number of aromatic amines is 2. The largest absolute Gasteiger partial charge is 0.396 e. The van der Waals surface area contributed by atoms with Gasteiger partial charge in [-0.25, -0.2) is 4.98 Å². The van der Waals surface area contributed by atoms with Gasteiger partial charge >= 0.3 is 0 Å². The van der Waals surface area contributed by atoms with Gasteiger partial charge in [-0.1, -0.05) is 6.07 Å². The minimum absolute atomic E-state index is 0.434. The number of aromatic nitrogens is 3. The molecule has 0 amide bonds. The predicted octanol–water partition coefficient (Wildman–Crippen LogP) is 2.87. The van der Waals surface area contributed by atoms with Crippen molar-refractivity contribution in [1.29, 1.82) is 0 Å². The van der Waals surface area contributed by atoms with E-state index >= 15 is 0 Å². The van der Waals surface area contributed by atoms with Gasteiger partial charge in [0.05, 0.1) is 17.6 Å². The molecular weight excluding hydrogens is 232 g/mol. The van der Waals surface area contributed by atoms with Gasteiger partial charge in [0, 0.05) is 22.7 Å². The van der Waals surface area contributed by atoms with Crippen molar-refractivity contribution in [2.24, 2.45) is 0 Å². The summed E-state index contributed by atoms with van der Waals surface area (Å²) in [7, 11) is 0. The molecule has 0 radical (unpaired) electrons. The molecule has 3 rings (SSSR count). The second-order valence-corrected chi connectivity index (χ2v) is 4.19. The molecule has 4 nitrogen and oxygen atoms in total. The van der Waals surface area contributed by atoms with E-state index in [1.807, 2.05) is 24.4 Å². The van der Waals surface area contributed by atoms with Crippen LogP contribution in [-0.2, 0) is 0 Å². The summed E-state index contributed by atoms with van der Waals surface area (Å²) in [6, 6.07) is 8.09. The second-order valence-electron chi connectivity index (χ2n) is 3.80. The van der Waals surface area contributed by atoms with Crippen LogP contribution in [-0.4, -0.2) is 15.0 Å². The van der Waals surface area contributed by atoms with Crippen molar-refractivity contribution in [3.8, 4) is 11.3 Å². The average Bonchev–Trinajstić information content (AvgIpc) is 2.79. The summed E-state index contributed by atoms with van der Waals surface area (Å²) in [6.45, 7) is 0. The normalized spacial score (nSPS) is 10.8. The summed E-state index contributed by atoms with van der Waals surface area (Å²) in [4.78, 5) is 10.1. The minimum atomic E-state index is 0.434. The Morgan fingerprint density at radius 2 is 2.12 bits per heavy atom. The number of nitrogens with two attached hydrogens (primary N) is 1. The number of anilines is 1. The Bertz CT molecular complexity index is 741. The zero-order chi connectivity index (χ0) is 11.8. The zero-order valence-corrected chi connectivity index (χ0v) is 9.71. The van der Waals surface area contributed by atoms with E-state index < -0.39 is 0 Å². The third kappa shape index (κ3) is 1.70. The Balaban J connectivity index is 2.26. The van der Waals surface area contributed by atoms with E-state index in [0.717, 1.165) is 22.2 Å². The van der Waals surface area contributed by atoms with Gasteiger partial charge in [0.1, 0.15) is 0 Å². The summed E-state index contributed by atoms with van der Waals surface area (Å²) in [5.74, 6) is 0. The van der Waals surface area contributed by atoms with Crippen molar-refractivity contribution < 1.29 is 0 Å². The Kier molecular flexibility index (Phi) is 2.19. The van der Waals surface area contributed by atoms with Crippen LogP contribution in [0.4, 0.5) is 5.69 Å². The van der Waals surface area contributed by atoms with E-state index in [4.69, 9.17) is 18.0 Å². The molecule has 0 spiro atoms. The number of nitrogen functional groups attached to an aromatic ring is 1. The molecule has 0 saturated heterocycles. The number of hydrogen-bond donors (Lipinski definition) is 3. The maximum absolute atomic E-state index is 5.89. The summed E-state index contributed by atoms with van der Waals surface area (Å²) < 4.78 is 0.434. The van der Waals surface area contributed by atoms with E-state index in [9.17, 15) is 0 Å². The highest BCUT2D eigenvalue weighted by Crippen LogP contribution is 2.25. The molecule has 3 aromatic rings. The summed E-state index contributed by atoms with van der Waals surface area (Å²) in [5.41, 5.74) is 9.40. The van der Waals surface area contributed by atoms with Gasteiger partial charge in [-0.2, -0.15) is 0 Å². The molecule has 0 unspecified atom stereocenters. The average molecular weight is 242 g/mol. The quantitative estimate of drug-likeness (QED) is 0.575. The van der Waals surface area contributed by atoms with E-state index in [-0.39, 0.29) is 0 Å². The van der Waals surface area contributed by atoms with Crippen LogP contribution < -0.4 is 5.73 Å². The van der Waals surface area contributed by atoms with Crippen molar-refractivity contribution in [3.63, 3.8) is 0 Å². The highest BCUT2D eigenvalue weighted by atomic mass is 32.1. The number of hydrogen-bond acceptors (Lipinski definition) is 3. The monoisotopic (exact) mass is 242 g/mol. The van der Waals surface area contributed by atoms with Gasteiger partial charge in [0.15, 0.2) is 4.77 Å². The van der Waals surface area contributed by atoms with E-state index in [1.165, 1.54) is 0 Å². The Hall–Kier alpha value is -2.14. The summed E-state index contributed by atoms with van der Waals surface area (Å²) >= 11 is 5.01. The summed E-state index contributed by atoms with van der Waals surface area (Å²) in [6.07, 6.45) is 3.49. The van der Waals surface area contributed by atoms with Crippen molar-refractivity contribution in [2.45, 2.75) is 0 Å². The maximum Gasteiger partial charge on any atom is 0.197 e. The third-order valence-electron chi connectivity index (χ3n) is 2.68. The number of nitrogens with one attached hydrogen (secondary N) is 2. The Morgan fingerprint density at radius 3 is 3.00 bits per heavy atom. The van der Waals surface area contributed by atoms with Gasteiger partial charge in [0.2, 0.25) is 0 Å². The standard InChI is InChI=1S/C12H10N4S/c13-9-6-15-12(17)16-11(9)8-1-2-10-7(5-8)3-4-14-10/h1-6,14H,13H2,(H,15,16,17). The first-order valence-corrected chi connectivity index (χ1v) is 5.57. The highest BCUT2D eigenvalue weighted by molar-refractivity contribution is 7.71. The maximum atomic E-state index is 5.89. The van der Waals surface area contributed by atoms with Crippen LogP contribution in [0.3, 0.4) is 0 Å². The molecule has 0 atom stereocenters. The molecule has 0 aliphatic heterocycles. The fraction of sp³-hybridized carbons (Fsp3) is 0. The van der Waals surface area contributed by atoms with Gasteiger partial charge < -0.3 is 15.7 Å². The Morgan fingerprint density at radius 1 is 1.24 bits per heavy atom. The zero-order valence-electron chi connectivity index (χ0n) is 8.90. The molecule has 0 aliphatic carbocycles. The lowest BCUT2D eigenvalue weighted by Gasteiger charge is -2.05.